The van der Waals surface area contributed by atoms with Crippen molar-refractivity contribution in [1.29, 1.82) is 0 Å². The summed E-state index contributed by atoms with van der Waals surface area (Å²) in [5, 5.41) is 5.96. The van der Waals surface area contributed by atoms with Gasteiger partial charge in [0.2, 0.25) is 5.95 Å². The fourth-order valence-electron chi connectivity index (χ4n) is 2.75. The van der Waals surface area contributed by atoms with Crippen LogP contribution < -0.4 is 10.6 Å². The molecule has 0 radical (unpaired) electrons. The molecule has 1 amide bonds. The molecule has 6 heteroatoms. The number of rotatable bonds is 6. The summed E-state index contributed by atoms with van der Waals surface area (Å²) in [7, 11) is 0. The van der Waals surface area contributed by atoms with Crippen molar-refractivity contribution in [3.8, 4) is 0 Å². The number of Topliss-reactive ketones (excluding diaryl/α,β-unsaturated/α-hetero) is 1. The van der Waals surface area contributed by atoms with Crippen molar-refractivity contribution in [2.24, 2.45) is 0 Å². The van der Waals surface area contributed by atoms with Gasteiger partial charge in [-0.1, -0.05) is 29.8 Å². The third kappa shape index (κ3) is 5.01. The molecule has 0 saturated carbocycles. The van der Waals surface area contributed by atoms with Gasteiger partial charge in [-0.05, 0) is 56.7 Å². The van der Waals surface area contributed by atoms with E-state index < -0.39 is 0 Å². The van der Waals surface area contributed by atoms with Crippen LogP contribution in [0.2, 0.25) is 0 Å². The van der Waals surface area contributed by atoms with E-state index in [1.165, 1.54) is 12.5 Å². The molecule has 3 rings (SSSR count). The number of hydrogen-bond acceptors (Lipinski definition) is 5. The molecular weight excluding hydrogens is 352 g/mol. The molecule has 1 heterocycles. The highest BCUT2D eigenvalue weighted by Crippen LogP contribution is 2.13. The first-order valence-electron chi connectivity index (χ1n) is 8.98. The van der Waals surface area contributed by atoms with Crippen LogP contribution >= 0.6 is 0 Å². The van der Waals surface area contributed by atoms with Crippen LogP contribution in [0.15, 0.2) is 54.6 Å². The van der Waals surface area contributed by atoms with Crippen LogP contribution in [0.5, 0.6) is 0 Å². The Morgan fingerprint density at radius 1 is 0.964 bits per heavy atom. The number of hydrogen-bond donors (Lipinski definition) is 2. The number of ketones is 1. The first-order valence-corrected chi connectivity index (χ1v) is 8.98. The summed E-state index contributed by atoms with van der Waals surface area (Å²) in [6, 6.07) is 16.5. The first-order chi connectivity index (χ1) is 13.4. The van der Waals surface area contributed by atoms with Crippen LogP contribution in [0.1, 0.15) is 44.6 Å². The number of benzene rings is 2. The lowest BCUT2D eigenvalue weighted by Gasteiger charge is -2.09. The molecule has 6 nitrogen and oxygen atoms in total. The minimum Gasteiger partial charge on any atom is -0.350 e. The molecule has 0 aliphatic heterocycles. The summed E-state index contributed by atoms with van der Waals surface area (Å²) in [6.07, 6.45) is 0. The molecular formula is C22H22N4O2. The van der Waals surface area contributed by atoms with E-state index in [4.69, 9.17) is 0 Å². The number of nitrogens with zero attached hydrogens (tertiary/aromatic N) is 2. The number of carbonyl (C=O) groups is 2. The zero-order valence-corrected chi connectivity index (χ0v) is 16.1. The SMILES string of the molecule is CC(=O)c1ccc(NC(=O)c2cc(C)nc(NCc3cccc(C)c3)n2)cc1. The Morgan fingerprint density at radius 3 is 2.39 bits per heavy atom. The lowest BCUT2D eigenvalue weighted by molar-refractivity contribution is 0.101. The van der Waals surface area contributed by atoms with E-state index in [0.717, 1.165) is 5.56 Å². The molecule has 0 aliphatic carbocycles. The lowest BCUT2D eigenvalue weighted by atomic mass is 10.1. The Morgan fingerprint density at radius 2 is 1.71 bits per heavy atom. The molecule has 0 aliphatic rings. The van der Waals surface area contributed by atoms with Crippen LogP contribution in [-0.2, 0) is 6.54 Å². The lowest BCUT2D eigenvalue weighted by Crippen LogP contribution is -2.16. The predicted octanol–water partition coefficient (Wildman–Crippen LogP) is 4.16. The minimum atomic E-state index is -0.334. The van der Waals surface area contributed by atoms with Crippen molar-refractivity contribution in [2.75, 3.05) is 10.6 Å². The second-order valence-electron chi connectivity index (χ2n) is 6.65. The van der Waals surface area contributed by atoms with Gasteiger partial charge in [-0.15, -0.1) is 0 Å². The number of aromatic nitrogens is 2. The Kier molecular flexibility index (Phi) is 5.79. The predicted molar refractivity (Wildman–Crippen MR) is 110 cm³/mol. The summed E-state index contributed by atoms with van der Waals surface area (Å²) in [5.74, 6) is 0.0480. The Balaban J connectivity index is 1.71. The molecule has 2 N–H and O–H groups in total. The maximum atomic E-state index is 12.6. The van der Waals surface area contributed by atoms with Gasteiger partial charge >= 0.3 is 0 Å². The van der Waals surface area contributed by atoms with Crippen molar-refractivity contribution in [2.45, 2.75) is 27.3 Å². The smallest absolute Gasteiger partial charge is 0.274 e. The number of amides is 1. The third-order valence-electron chi connectivity index (χ3n) is 4.17. The highest BCUT2D eigenvalue weighted by molar-refractivity contribution is 6.03. The van der Waals surface area contributed by atoms with Gasteiger partial charge in [0, 0.05) is 23.5 Å². The van der Waals surface area contributed by atoms with Crippen molar-refractivity contribution in [1.82, 2.24) is 9.97 Å². The average molecular weight is 374 g/mol. The molecule has 28 heavy (non-hydrogen) atoms. The van der Waals surface area contributed by atoms with E-state index >= 15 is 0 Å². The summed E-state index contributed by atoms with van der Waals surface area (Å²) < 4.78 is 0. The monoisotopic (exact) mass is 374 g/mol. The van der Waals surface area contributed by atoms with E-state index in [9.17, 15) is 9.59 Å². The van der Waals surface area contributed by atoms with E-state index in [1.54, 1.807) is 30.3 Å². The molecule has 0 unspecified atom stereocenters. The Hall–Kier alpha value is -3.54. The second kappa shape index (κ2) is 8.43. The quantitative estimate of drug-likeness (QED) is 0.633. The van der Waals surface area contributed by atoms with E-state index in [1.807, 2.05) is 32.0 Å². The van der Waals surface area contributed by atoms with Gasteiger partial charge in [0.25, 0.3) is 5.91 Å². The summed E-state index contributed by atoms with van der Waals surface area (Å²) >= 11 is 0. The van der Waals surface area contributed by atoms with Crippen molar-refractivity contribution in [3.63, 3.8) is 0 Å². The zero-order chi connectivity index (χ0) is 20.1. The van der Waals surface area contributed by atoms with Gasteiger partial charge in [-0.25, -0.2) is 9.97 Å². The van der Waals surface area contributed by atoms with Gasteiger partial charge in [0.1, 0.15) is 5.69 Å². The highest BCUT2D eigenvalue weighted by Gasteiger charge is 2.11. The molecule has 1 aromatic heterocycles. The fourth-order valence-corrected chi connectivity index (χ4v) is 2.75. The van der Waals surface area contributed by atoms with Gasteiger partial charge in [0.15, 0.2) is 5.78 Å². The average Bonchev–Trinajstić information content (AvgIpc) is 2.66. The number of nitrogens with one attached hydrogen (secondary N) is 2. The summed E-state index contributed by atoms with van der Waals surface area (Å²) in [6.45, 7) is 5.93. The molecule has 3 aromatic rings. The first kappa shape index (κ1) is 19.2. The fraction of sp³-hybridized carbons (Fsp3) is 0.182. The second-order valence-corrected chi connectivity index (χ2v) is 6.65. The normalized spacial score (nSPS) is 10.4. The molecule has 0 bridgehead atoms. The standard InChI is InChI=1S/C22H22N4O2/c1-14-5-4-6-17(11-14)13-23-22-24-15(2)12-20(26-22)21(28)25-19-9-7-18(8-10-19)16(3)27/h4-12H,13H2,1-3H3,(H,25,28)(H,23,24,26). The van der Waals surface area contributed by atoms with Crippen LogP contribution in [0.3, 0.4) is 0 Å². The van der Waals surface area contributed by atoms with E-state index in [-0.39, 0.29) is 17.4 Å². The van der Waals surface area contributed by atoms with Crippen molar-refractivity contribution < 1.29 is 9.59 Å². The third-order valence-corrected chi connectivity index (χ3v) is 4.17. The largest absolute Gasteiger partial charge is 0.350 e. The Labute approximate surface area is 164 Å². The Bertz CT molecular complexity index is 1010. The van der Waals surface area contributed by atoms with Gasteiger partial charge in [0.05, 0.1) is 0 Å². The molecule has 0 spiro atoms. The van der Waals surface area contributed by atoms with Crippen molar-refractivity contribution >= 4 is 23.3 Å². The number of anilines is 2. The minimum absolute atomic E-state index is 0.0198. The molecule has 0 saturated heterocycles. The van der Waals surface area contributed by atoms with Crippen LogP contribution in [-0.4, -0.2) is 21.7 Å². The molecule has 0 atom stereocenters. The molecule has 0 fully saturated rings. The molecule has 142 valence electrons. The maximum Gasteiger partial charge on any atom is 0.274 e. The van der Waals surface area contributed by atoms with Gasteiger partial charge < -0.3 is 10.6 Å². The maximum absolute atomic E-state index is 12.6. The van der Waals surface area contributed by atoms with Crippen molar-refractivity contribution in [3.05, 3.63) is 82.7 Å². The highest BCUT2D eigenvalue weighted by atomic mass is 16.2. The van der Waals surface area contributed by atoms with Gasteiger partial charge in [-0.3, -0.25) is 9.59 Å². The topological polar surface area (TPSA) is 84.0 Å². The van der Waals surface area contributed by atoms with Crippen LogP contribution in [0.25, 0.3) is 0 Å². The summed E-state index contributed by atoms with van der Waals surface area (Å²) in [5.41, 5.74) is 4.45. The van der Waals surface area contributed by atoms with Gasteiger partial charge in [-0.2, -0.15) is 0 Å². The summed E-state index contributed by atoms with van der Waals surface area (Å²) in [4.78, 5) is 32.6. The van der Waals surface area contributed by atoms with E-state index in [0.29, 0.717) is 29.4 Å². The number of carbonyl (C=O) groups excluding carboxylic acids is 2. The van der Waals surface area contributed by atoms with Crippen LogP contribution in [0.4, 0.5) is 11.6 Å². The van der Waals surface area contributed by atoms with Crippen LogP contribution in [0, 0.1) is 13.8 Å². The molecule has 2 aromatic carbocycles. The van der Waals surface area contributed by atoms with E-state index in [2.05, 4.69) is 26.7 Å². The number of aryl methyl sites for hydroxylation is 2. The zero-order valence-electron chi connectivity index (χ0n) is 16.1.